The molecule has 168 valence electrons. The third kappa shape index (κ3) is 3.56. The number of carbonyl (C=O) groups is 1. The lowest BCUT2D eigenvalue weighted by Gasteiger charge is -2.27. The number of nitrogens with zero attached hydrogens (tertiary/aromatic N) is 3. The van der Waals surface area contributed by atoms with Crippen molar-refractivity contribution < 1.29 is 17.6 Å². The molecule has 1 aliphatic heterocycles. The van der Waals surface area contributed by atoms with Gasteiger partial charge in [-0.15, -0.1) is 0 Å². The van der Waals surface area contributed by atoms with Crippen molar-refractivity contribution in [2.24, 2.45) is 23.5 Å². The van der Waals surface area contributed by atoms with Crippen LogP contribution < -0.4 is 20.7 Å². The van der Waals surface area contributed by atoms with Crippen LogP contribution in [0.4, 0.5) is 27.5 Å². The van der Waals surface area contributed by atoms with Crippen molar-refractivity contribution in [1.29, 1.82) is 0 Å². The molecule has 0 saturated heterocycles. The molecule has 5 rings (SSSR count). The smallest absolute Gasteiger partial charge is 0.232 e. The molecule has 4 N–H and O–H groups in total. The molecular formula is C21H23FN6O3S. The second-order valence-electron chi connectivity index (χ2n) is 8.49. The van der Waals surface area contributed by atoms with Gasteiger partial charge in [0, 0.05) is 18.3 Å². The SMILES string of the molecule is CS(=O)(=O)N1CCc2cc(Nc3ncc(F)c(NC4C5C=CC(C5)C4C(N)=O)n3)ccc21. The fourth-order valence-electron chi connectivity index (χ4n) is 5.02. The van der Waals surface area contributed by atoms with Gasteiger partial charge in [0.2, 0.25) is 21.9 Å². The molecule has 1 aromatic heterocycles. The Bertz CT molecular complexity index is 1230. The summed E-state index contributed by atoms with van der Waals surface area (Å²) in [5.74, 6) is -1.10. The summed E-state index contributed by atoms with van der Waals surface area (Å²) in [7, 11) is -3.32. The Kier molecular flexibility index (Phi) is 4.81. The number of nitrogens with two attached hydrogens (primary N) is 1. The third-order valence-electron chi connectivity index (χ3n) is 6.42. The number of amides is 1. The van der Waals surface area contributed by atoms with E-state index >= 15 is 0 Å². The van der Waals surface area contributed by atoms with Gasteiger partial charge >= 0.3 is 0 Å². The predicted molar refractivity (Wildman–Crippen MR) is 118 cm³/mol. The summed E-state index contributed by atoms with van der Waals surface area (Å²) < 4.78 is 39.7. The number of carbonyl (C=O) groups excluding carboxylic acids is 1. The van der Waals surface area contributed by atoms with Gasteiger partial charge in [0.15, 0.2) is 11.6 Å². The minimum Gasteiger partial charge on any atom is -0.369 e. The Labute approximate surface area is 185 Å². The average Bonchev–Trinajstić information content (AvgIpc) is 3.44. The van der Waals surface area contributed by atoms with Crippen molar-refractivity contribution in [3.05, 3.63) is 47.9 Å². The molecule has 2 heterocycles. The molecule has 4 atom stereocenters. The monoisotopic (exact) mass is 458 g/mol. The van der Waals surface area contributed by atoms with Crippen LogP contribution in [0, 0.1) is 23.6 Å². The van der Waals surface area contributed by atoms with E-state index in [0.717, 1.165) is 18.2 Å². The van der Waals surface area contributed by atoms with E-state index in [2.05, 4.69) is 20.6 Å². The first-order chi connectivity index (χ1) is 15.2. The van der Waals surface area contributed by atoms with Crippen LogP contribution in [0.1, 0.15) is 12.0 Å². The quantitative estimate of drug-likeness (QED) is 0.563. The maximum atomic E-state index is 14.5. The molecular weight excluding hydrogens is 435 g/mol. The average molecular weight is 459 g/mol. The number of nitrogens with one attached hydrogen (secondary N) is 2. The Morgan fingerprint density at radius 1 is 1.28 bits per heavy atom. The summed E-state index contributed by atoms with van der Waals surface area (Å²) >= 11 is 0. The first-order valence-electron chi connectivity index (χ1n) is 10.3. The van der Waals surface area contributed by atoms with Crippen LogP contribution in [-0.2, 0) is 21.2 Å². The maximum Gasteiger partial charge on any atom is 0.232 e. The van der Waals surface area contributed by atoms with E-state index in [1.54, 1.807) is 12.1 Å². The Hall–Kier alpha value is -3.21. The van der Waals surface area contributed by atoms with Gasteiger partial charge < -0.3 is 16.4 Å². The number of allylic oxidation sites excluding steroid dienone is 1. The molecule has 32 heavy (non-hydrogen) atoms. The van der Waals surface area contributed by atoms with Crippen LogP contribution in [-0.4, -0.2) is 43.1 Å². The number of halogens is 1. The number of anilines is 4. The maximum absolute atomic E-state index is 14.5. The standard InChI is InChI=1S/C21H23FN6O3S/c1-32(30,31)28-7-6-11-9-14(4-5-16(11)28)25-21-24-10-15(22)20(27-21)26-18-13-3-2-12(8-13)17(18)19(23)29/h2-5,9-10,12-13,17-18H,6-8H2,1H3,(H2,23,29)(H2,24,25,26,27). The highest BCUT2D eigenvalue weighted by Gasteiger charge is 2.47. The summed E-state index contributed by atoms with van der Waals surface area (Å²) in [5.41, 5.74) is 7.79. The van der Waals surface area contributed by atoms with Crippen LogP contribution in [0.25, 0.3) is 0 Å². The number of sulfonamides is 1. The lowest BCUT2D eigenvalue weighted by molar-refractivity contribution is -0.122. The minimum atomic E-state index is -3.32. The zero-order valence-electron chi connectivity index (χ0n) is 17.3. The first-order valence-corrected chi connectivity index (χ1v) is 12.2. The zero-order valence-corrected chi connectivity index (χ0v) is 18.1. The van der Waals surface area contributed by atoms with Gasteiger partial charge in [0.25, 0.3) is 0 Å². The molecule has 3 aliphatic rings. The van der Waals surface area contributed by atoms with E-state index in [9.17, 15) is 17.6 Å². The molecule has 1 amide bonds. The van der Waals surface area contributed by atoms with Crippen LogP contribution in [0.5, 0.6) is 0 Å². The van der Waals surface area contributed by atoms with Gasteiger partial charge in [-0.25, -0.2) is 17.8 Å². The third-order valence-corrected chi connectivity index (χ3v) is 7.60. The molecule has 0 radical (unpaired) electrons. The predicted octanol–water partition coefficient (Wildman–Crippen LogP) is 1.77. The summed E-state index contributed by atoms with van der Waals surface area (Å²) in [6, 6.07) is 4.98. The van der Waals surface area contributed by atoms with E-state index in [1.807, 2.05) is 18.2 Å². The molecule has 2 aliphatic carbocycles. The summed E-state index contributed by atoms with van der Waals surface area (Å²) in [5, 5.41) is 6.12. The Morgan fingerprint density at radius 2 is 2.06 bits per heavy atom. The Morgan fingerprint density at radius 3 is 2.81 bits per heavy atom. The zero-order chi connectivity index (χ0) is 22.6. The summed E-state index contributed by atoms with van der Waals surface area (Å²) in [6.07, 6.45) is 7.69. The molecule has 9 nitrogen and oxygen atoms in total. The van der Waals surface area contributed by atoms with E-state index in [-0.39, 0.29) is 29.6 Å². The molecule has 2 bridgehead atoms. The lowest BCUT2D eigenvalue weighted by atomic mass is 9.88. The highest BCUT2D eigenvalue weighted by Crippen LogP contribution is 2.45. The molecule has 1 aromatic carbocycles. The van der Waals surface area contributed by atoms with E-state index in [0.29, 0.717) is 24.3 Å². The number of aromatic nitrogens is 2. The van der Waals surface area contributed by atoms with Gasteiger partial charge in [-0.1, -0.05) is 12.2 Å². The molecule has 1 saturated carbocycles. The van der Waals surface area contributed by atoms with Crippen molar-refractivity contribution in [2.45, 2.75) is 18.9 Å². The fourth-order valence-corrected chi connectivity index (χ4v) is 5.97. The number of primary amides is 1. The highest BCUT2D eigenvalue weighted by atomic mass is 32.2. The van der Waals surface area contributed by atoms with Crippen molar-refractivity contribution in [2.75, 3.05) is 27.7 Å². The number of fused-ring (bicyclic) bond motifs is 3. The fraction of sp³-hybridized carbons (Fsp3) is 0.381. The Balaban J connectivity index is 1.36. The van der Waals surface area contributed by atoms with Gasteiger partial charge in [0.05, 0.1) is 24.1 Å². The highest BCUT2D eigenvalue weighted by molar-refractivity contribution is 7.92. The normalized spacial score (nSPS) is 25.8. The number of benzene rings is 1. The topological polar surface area (TPSA) is 130 Å². The second kappa shape index (κ2) is 7.44. The van der Waals surface area contributed by atoms with E-state index in [1.165, 1.54) is 10.6 Å². The van der Waals surface area contributed by atoms with Gasteiger partial charge in [0.1, 0.15) is 0 Å². The lowest BCUT2D eigenvalue weighted by Crippen LogP contribution is -2.41. The van der Waals surface area contributed by atoms with E-state index in [4.69, 9.17) is 5.73 Å². The molecule has 11 heteroatoms. The van der Waals surface area contributed by atoms with Crippen LogP contribution in [0.3, 0.4) is 0 Å². The molecule has 4 unspecified atom stereocenters. The van der Waals surface area contributed by atoms with Crippen molar-refractivity contribution in [1.82, 2.24) is 9.97 Å². The number of hydrogen-bond donors (Lipinski definition) is 3. The molecule has 0 spiro atoms. The number of hydrogen-bond acceptors (Lipinski definition) is 7. The van der Waals surface area contributed by atoms with Crippen molar-refractivity contribution in [3.8, 4) is 0 Å². The van der Waals surface area contributed by atoms with Gasteiger partial charge in [-0.3, -0.25) is 9.10 Å². The minimum absolute atomic E-state index is 0.00381. The number of rotatable bonds is 6. The van der Waals surface area contributed by atoms with Crippen LogP contribution in [0.15, 0.2) is 36.5 Å². The van der Waals surface area contributed by atoms with Crippen molar-refractivity contribution in [3.63, 3.8) is 0 Å². The van der Waals surface area contributed by atoms with Gasteiger partial charge in [-0.05, 0) is 48.4 Å². The first kappa shape index (κ1) is 20.7. The molecule has 1 fully saturated rings. The van der Waals surface area contributed by atoms with Crippen LogP contribution >= 0.6 is 0 Å². The van der Waals surface area contributed by atoms with Crippen LogP contribution in [0.2, 0.25) is 0 Å². The van der Waals surface area contributed by atoms with Crippen molar-refractivity contribution >= 4 is 39.1 Å². The summed E-state index contributed by atoms with van der Waals surface area (Å²) in [6.45, 7) is 0.401. The second-order valence-corrected chi connectivity index (χ2v) is 10.4. The summed E-state index contributed by atoms with van der Waals surface area (Å²) in [4.78, 5) is 20.2. The van der Waals surface area contributed by atoms with Gasteiger partial charge in [-0.2, -0.15) is 4.98 Å². The molecule has 2 aromatic rings. The van der Waals surface area contributed by atoms with E-state index < -0.39 is 27.7 Å². The largest absolute Gasteiger partial charge is 0.369 e.